The Morgan fingerprint density at radius 2 is 2.08 bits per heavy atom. The Morgan fingerprint density at radius 3 is 2.88 bits per heavy atom. The highest BCUT2D eigenvalue weighted by atomic mass is 16.2. The third kappa shape index (κ3) is 3.20. The Labute approximate surface area is 142 Å². The first-order valence-electron chi connectivity index (χ1n) is 8.43. The molecule has 3 rings (SSSR count). The monoisotopic (exact) mass is 324 g/mol. The zero-order valence-corrected chi connectivity index (χ0v) is 14.4. The number of amides is 1. The van der Waals surface area contributed by atoms with Gasteiger partial charge in [0.2, 0.25) is 5.91 Å². The fraction of sp³-hybridized carbons (Fsp3) is 0.368. The van der Waals surface area contributed by atoms with Crippen molar-refractivity contribution < 1.29 is 4.79 Å². The van der Waals surface area contributed by atoms with Gasteiger partial charge in [-0.25, -0.2) is 4.98 Å². The summed E-state index contributed by atoms with van der Waals surface area (Å²) in [6.07, 6.45) is 6.46. The van der Waals surface area contributed by atoms with E-state index in [1.54, 1.807) is 6.20 Å². The number of nitrogens with one attached hydrogen (secondary N) is 2. The zero-order chi connectivity index (χ0) is 17.1. The lowest BCUT2D eigenvalue weighted by molar-refractivity contribution is -0.123. The van der Waals surface area contributed by atoms with Crippen molar-refractivity contribution in [3.05, 3.63) is 54.2 Å². The van der Waals surface area contributed by atoms with Crippen LogP contribution in [0.25, 0.3) is 10.9 Å². The summed E-state index contributed by atoms with van der Waals surface area (Å²) in [4.78, 5) is 20.1. The SMILES string of the molecule is CC(C)c1nccn1C(C)C(=O)NCCc1c[nH]c2ccccc12. The average Bonchev–Trinajstić information content (AvgIpc) is 3.21. The number of hydrogen-bond donors (Lipinski definition) is 2. The number of carbonyl (C=O) groups is 1. The highest BCUT2D eigenvalue weighted by Crippen LogP contribution is 2.19. The molecule has 5 heteroatoms. The number of hydrogen-bond acceptors (Lipinski definition) is 2. The first kappa shape index (κ1) is 16.3. The second kappa shape index (κ2) is 6.91. The van der Waals surface area contributed by atoms with E-state index < -0.39 is 0 Å². The average molecular weight is 324 g/mol. The molecule has 1 unspecified atom stereocenters. The van der Waals surface area contributed by atoms with E-state index in [1.165, 1.54) is 10.9 Å². The van der Waals surface area contributed by atoms with Gasteiger partial charge in [0.1, 0.15) is 11.9 Å². The second-order valence-corrected chi connectivity index (χ2v) is 6.42. The highest BCUT2D eigenvalue weighted by molar-refractivity contribution is 5.83. The predicted octanol–water partition coefficient (Wildman–Crippen LogP) is 3.41. The first-order chi connectivity index (χ1) is 11.6. The van der Waals surface area contributed by atoms with Gasteiger partial charge in [-0.2, -0.15) is 0 Å². The van der Waals surface area contributed by atoms with Crippen LogP contribution in [0.3, 0.4) is 0 Å². The summed E-state index contributed by atoms with van der Waals surface area (Å²) in [7, 11) is 0. The van der Waals surface area contributed by atoms with Gasteiger partial charge in [0.15, 0.2) is 0 Å². The topological polar surface area (TPSA) is 62.7 Å². The lowest BCUT2D eigenvalue weighted by Crippen LogP contribution is -2.33. The molecule has 0 radical (unpaired) electrons. The van der Waals surface area contributed by atoms with Crippen LogP contribution >= 0.6 is 0 Å². The van der Waals surface area contributed by atoms with Gasteiger partial charge in [-0.1, -0.05) is 32.0 Å². The lowest BCUT2D eigenvalue weighted by Gasteiger charge is -2.17. The number of nitrogens with zero attached hydrogens (tertiary/aromatic N) is 2. The summed E-state index contributed by atoms with van der Waals surface area (Å²) < 4.78 is 1.95. The van der Waals surface area contributed by atoms with Gasteiger partial charge in [0, 0.05) is 42.0 Å². The Kier molecular flexibility index (Phi) is 4.69. The van der Waals surface area contributed by atoms with Crippen molar-refractivity contribution in [2.75, 3.05) is 6.54 Å². The van der Waals surface area contributed by atoms with Crippen LogP contribution < -0.4 is 5.32 Å². The van der Waals surface area contributed by atoms with E-state index in [9.17, 15) is 4.79 Å². The van der Waals surface area contributed by atoms with Gasteiger partial charge >= 0.3 is 0 Å². The maximum atomic E-state index is 12.4. The van der Waals surface area contributed by atoms with Crippen LogP contribution in [-0.2, 0) is 11.2 Å². The predicted molar refractivity (Wildman–Crippen MR) is 96.0 cm³/mol. The molecule has 0 aliphatic rings. The minimum atomic E-state index is -0.257. The van der Waals surface area contributed by atoms with Gasteiger partial charge in [-0.3, -0.25) is 4.79 Å². The largest absolute Gasteiger partial charge is 0.361 e. The molecule has 1 atom stereocenters. The minimum Gasteiger partial charge on any atom is -0.361 e. The summed E-state index contributed by atoms with van der Waals surface area (Å²) in [6, 6.07) is 7.96. The Balaban J connectivity index is 1.60. The maximum absolute atomic E-state index is 12.4. The van der Waals surface area contributed by atoms with Crippen molar-refractivity contribution in [3.8, 4) is 0 Å². The van der Waals surface area contributed by atoms with Crippen LogP contribution in [0.15, 0.2) is 42.9 Å². The van der Waals surface area contributed by atoms with Crippen molar-refractivity contribution in [3.63, 3.8) is 0 Å². The normalized spacial score (nSPS) is 12.7. The summed E-state index contributed by atoms with van der Waals surface area (Å²) >= 11 is 0. The van der Waals surface area contributed by atoms with Crippen LogP contribution in [-0.4, -0.2) is 27.0 Å². The van der Waals surface area contributed by atoms with Gasteiger partial charge in [-0.15, -0.1) is 0 Å². The second-order valence-electron chi connectivity index (χ2n) is 6.42. The van der Waals surface area contributed by atoms with Gasteiger partial charge in [0.05, 0.1) is 0 Å². The smallest absolute Gasteiger partial charge is 0.242 e. The summed E-state index contributed by atoms with van der Waals surface area (Å²) in [6.45, 7) is 6.70. The van der Waals surface area contributed by atoms with E-state index in [0.29, 0.717) is 12.5 Å². The van der Waals surface area contributed by atoms with E-state index in [2.05, 4.69) is 41.3 Å². The van der Waals surface area contributed by atoms with Gasteiger partial charge in [0.25, 0.3) is 0 Å². The number of para-hydroxylation sites is 1. The van der Waals surface area contributed by atoms with E-state index >= 15 is 0 Å². The van der Waals surface area contributed by atoms with Crippen molar-refractivity contribution in [1.29, 1.82) is 0 Å². The molecule has 5 nitrogen and oxygen atoms in total. The lowest BCUT2D eigenvalue weighted by atomic mass is 10.1. The Morgan fingerprint density at radius 1 is 1.29 bits per heavy atom. The van der Waals surface area contributed by atoms with E-state index in [0.717, 1.165) is 17.8 Å². The molecule has 2 N–H and O–H groups in total. The third-order valence-electron chi connectivity index (χ3n) is 4.38. The molecular formula is C19H24N4O. The molecule has 0 saturated carbocycles. The fourth-order valence-corrected chi connectivity index (χ4v) is 3.03. The number of aromatic nitrogens is 3. The van der Waals surface area contributed by atoms with E-state index in [4.69, 9.17) is 0 Å². The zero-order valence-electron chi connectivity index (χ0n) is 14.4. The number of rotatable bonds is 6. The molecule has 24 heavy (non-hydrogen) atoms. The van der Waals surface area contributed by atoms with Gasteiger partial charge in [-0.05, 0) is 25.0 Å². The number of carbonyl (C=O) groups excluding carboxylic acids is 1. The molecular weight excluding hydrogens is 300 g/mol. The van der Waals surface area contributed by atoms with Crippen LogP contribution in [0.2, 0.25) is 0 Å². The van der Waals surface area contributed by atoms with Crippen molar-refractivity contribution in [1.82, 2.24) is 19.9 Å². The Hall–Kier alpha value is -2.56. The molecule has 3 aromatic rings. The molecule has 1 amide bonds. The van der Waals surface area contributed by atoms with E-state index in [1.807, 2.05) is 36.0 Å². The molecule has 2 heterocycles. The van der Waals surface area contributed by atoms with Crippen LogP contribution in [0.5, 0.6) is 0 Å². The Bertz CT molecular complexity index is 831. The number of H-pyrrole nitrogens is 1. The molecule has 2 aromatic heterocycles. The highest BCUT2D eigenvalue weighted by Gasteiger charge is 2.18. The van der Waals surface area contributed by atoms with Crippen molar-refractivity contribution in [2.45, 2.75) is 39.2 Å². The third-order valence-corrected chi connectivity index (χ3v) is 4.38. The summed E-state index contributed by atoms with van der Waals surface area (Å²) in [5, 5.41) is 4.26. The standard InChI is InChI=1S/C19H24N4O/c1-13(2)18-20-10-11-23(18)14(3)19(24)21-9-8-15-12-22-17-7-5-4-6-16(15)17/h4-7,10-14,22H,8-9H2,1-3H3,(H,21,24). The van der Waals surface area contributed by atoms with E-state index in [-0.39, 0.29) is 11.9 Å². The van der Waals surface area contributed by atoms with Crippen molar-refractivity contribution in [2.24, 2.45) is 0 Å². The first-order valence-corrected chi connectivity index (χ1v) is 8.43. The van der Waals surface area contributed by atoms with Crippen LogP contribution in [0.1, 0.15) is 44.1 Å². The molecule has 0 fully saturated rings. The van der Waals surface area contributed by atoms with Gasteiger partial charge < -0.3 is 14.9 Å². The number of imidazole rings is 1. The maximum Gasteiger partial charge on any atom is 0.242 e. The summed E-state index contributed by atoms with van der Waals surface area (Å²) in [5.74, 6) is 1.26. The minimum absolute atomic E-state index is 0.0229. The fourth-order valence-electron chi connectivity index (χ4n) is 3.03. The quantitative estimate of drug-likeness (QED) is 0.730. The number of benzene rings is 1. The molecule has 0 spiro atoms. The molecule has 0 aliphatic heterocycles. The number of fused-ring (bicyclic) bond motifs is 1. The summed E-state index contributed by atoms with van der Waals surface area (Å²) in [5.41, 5.74) is 2.36. The molecule has 0 bridgehead atoms. The van der Waals surface area contributed by atoms with Crippen LogP contribution in [0.4, 0.5) is 0 Å². The molecule has 0 saturated heterocycles. The van der Waals surface area contributed by atoms with Crippen LogP contribution in [0, 0.1) is 0 Å². The molecule has 1 aromatic carbocycles. The molecule has 126 valence electrons. The van der Waals surface area contributed by atoms with Crippen molar-refractivity contribution >= 4 is 16.8 Å². The molecule has 0 aliphatic carbocycles. The number of aromatic amines is 1.